The van der Waals surface area contributed by atoms with Crippen LogP contribution in [0, 0.1) is 0 Å². The van der Waals surface area contributed by atoms with Gasteiger partial charge in [0, 0.05) is 19.5 Å². The molecule has 4 nitrogen and oxygen atoms in total. The molecule has 0 aliphatic heterocycles. The number of rotatable bonds is 6. The topological polar surface area (TPSA) is 60.9 Å². The van der Waals surface area contributed by atoms with Crippen molar-refractivity contribution >= 4 is 17.4 Å². The lowest BCUT2D eigenvalue weighted by Gasteiger charge is -2.09. The first-order valence-corrected chi connectivity index (χ1v) is 7.06. The molecule has 0 saturated carbocycles. The number of Topliss-reactive ketones (excluding diaryl/α,β-unsaturated/α-hetero) is 1. The van der Waals surface area contributed by atoms with Crippen molar-refractivity contribution in [2.75, 3.05) is 0 Å². The van der Waals surface area contributed by atoms with E-state index in [1.54, 1.807) is 4.68 Å². The number of nitrogens with zero attached hydrogens (tertiary/aromatic N) is 2. The molecule has 2 aromatic rings. The van der Waals surface area contributed by atoms with Crippen molar-refractivity contribution < 1.29 is 4.79 Å². The molecule has 0 aliphatic rings. The molecule has 2 N–H and O–H groups in total. The van der Waals surface area contributed by atoms with Crippen molar-refractivity contribution in [2.45, 2.75) is 32.9 Å². The van der Waals surface area contributed by atoms with Gasteiger partial charge in [0.15, 0.2) is 5.78 Å². The summed E-state index contributed by atoms with van der Waals surface area (Å²) in [5.41, 5.74) is 8.11. The van der Waals surface area contributed by atoms with Crippen molar-refractivity contribution in [1.29, 1.82) is 0 Å². The van der Waals surface area contributed by atoms with Crippen LogP contribution in [0.1, 0.15) is 35.0 Å². The molecule has 1 aromatic carbocycles. The van der Waals surface area contributed by atoms with Gasteiger partial charge in [-0.15, -0.1) is 0 Å². The smallest absolute Gasteiger partial charge is 0.186 e. The lowest BCUT2D eigenvalue weighted by Crippen LogP contribution is -2.14. The molecule has 0 unspecified atom stereocenters. The first-order valence-electron chi connectivity index (χ1n) is 6.68. The molecule has 0 fully saturated rings. The Morgan fingerprint density at radius 3 is 2.70 bits per heavy atom. The largest absolute Gasteiger partial charge is 0.326 e. The number of hydrogen-bond donors (Lipinski definition) is 1. The molecule has 20 heavy (non-hydrogen) atoms. The summed E-state index contributed by atoms with van der Waals surface area (Å²) in [6, 6.07) is 7.69. The van der Waals surface area contributed by atoms with Gasteiger partial charge in [-0.1, -0.05) is 42.8 Å². The highest BCUT2D eigenvalue weighted by atomic mass is 35.5. The zero-order valence-electron chi connectivity index (χ0n) is 11.5. The number of carbonyl (C=O) groups is 1. The highest BCUT2D eigenvalue weighted by molar-refractivity contribution is 6.33. The number of aromatic nitrogens is 2. The first kappa shape index (κ1) is 14.8. The predicted octanol–water partition coefficient (Wildman–Crippen LogP) is 2.83. The second kappa shape index (κ2) is 6.68. The van der Waals surface area contributed by atoms with E-state index < -0.39 is 0 Å². The van der Waals surface area contributed by atoms with Gasteiger partial charge in [-0.25, -0.2) is 0 Å². The fourth-order valence-corrected chi connectivity index (χ4v) is 2.45. The minimum atomic E-state index is -0.0261. The predicted molar refractivity (Wildman–Crippen MR) is 79.9 cm³/mol. The van der Waals surface area contributed by atoms with E-state index in [0.29, 0.717) is 30.2 Å². The second-order valence-corrected chi connectivity index (χ2v) is 5.04. The Kier molecular flexibility index (Phi) is 4.93. The maximum absolute atomic E-state index is 12.5. The van der Waals surface area contributed by atoms with Gasteiger partial charge in [0.25, 0.3) is 0 Å². The van der Waals surface area contributed by atoms with Gasteiger partial charge in [-0.05, 0) is 17.5 Å². The van der Waals surface area contributed by atoms with Gasteiger partial charge < -0.3 is 5.73 Å². The maximum atomic E-state index is 12.5. The van der Waals surface area contributed by atoms with E-state index in [4.69, 9.17) is 17.3 Å². The molecule has 0 bridgehead atoms. The van der Waals surface area contributed by atoms with E-state index in [0.717, 1.165) is 17.5 Å². The third-order valence-electron chi connectivity index (χ3n) is 3.18. The third kappa shape index (κ3) is 3.08. The quantitative estimate of drug-likeness (QED) is 0.833. The molecule has 106 valence electrons. The Morgan fingerprint density at radius 2 is 2.05 bits per heavy atom. The molecule has 0 amide bonds. The number of ketones is 1. The second-order valence-electron chi connectivity index (χ2n) is 4.64. The summed E-state index contributed by atoms with van der Waals surface area (Å²) < 4.78 is 1.68. The van der Waals surface area contributed by atoms with Crippen LogP contribution in [-0.2, 0) is 19.5 Å². The molecular formula is C15H18ClN3O. The van der Waals surface area contributed by atoms with Gasteiger partial charge in [-0.2, -0.15) is 5.10 Å². The van der Waals surface area contributed by atoms with E-state index in [1.807, 2.05) is 31.2 Å². The van der Waals surface area contributed by atoms with Gasteiger partial charge in [0.2, 0.25) is 0 Å². The van der Waals surface area contributed by atoms with Crippen LogP contribution in [0.15, 0.2) is 30.5 Å². The van der Waals surface area contributed by atoms with Crippen molar-refractivity contribution in [2.24, 2.45) is 5.73 Å². The van der Waals surface area contributed by atoms with Crippen LogP contribution in [0.4, 0.5) is 0 Å². The minimum absolute atomic E-state index is 0.0261. The Hall–Kier alpha value is -1.65. The van der Waals surface area contributed by atoms with Crippen LogP contribution < -0.4 is 5.73 Å². The van der Waals surface area contributed by atoms with Crippen molar-refractivity contribution in [3.63, 3.8) is 0 Å². The lowest BCUT2D eigenvalue weighted by molar-refractivity contribution is 0.0982. The monoisotopic (exact) mass is 291 g/mol. The standard InChI is InChI=1S/C15H18ClN3O/c1-2-7-19-15(13(16)10-18-19)14(20)8-11-5-3-4-6-12(11)9-17/h3-6,10H,2,7-9,17H2,1H3. The summed E-state index contributed by atoms with van der Waals surface area (Å²) >= 11 is 6.09. The van der Waals surface area contributed by atoms with Crippen LogP contribution >= 0.6 is 11.6 Å². The first-order chi connectivity index (χ1) is 9.67. The third-order valence-corrected chi connectivity index (χ3v) is 3.46. The van der Waals surface area contributed by atoms with E-state index in [9.17, 15) is 4.79 Å². The van der Waals surface area contributed by atoms with Crippen molar-refractivity contribution in [1.82, 2.24) is 9.78 Å². The average Bonchev–Trinajstić information content (AvgIpc) is 2.81. The number of halogens is 1. The zero-order chi connectivity index (χ0) is 14.5. The molecule has 2 rings (SSSR count). The molecule has 0 saturated heterocycles. The van der Waals surface area contributed by atoms with Gasteiger partial charge >= 0.3 is 0 Å². The zero-order valence-corrected chi connectivity index (χ0v) is 12.2. The number of benzene rings is 1. The molecule has 0 aliphatic carbocycles. The highest BCUT2D eigenvalue weighted by Crippen LogP contribution is 2.19. The molecule has 5 heteroatoms. The van der Waals surface area contributed by atoms with Gasteiger partial charge in [0.1, 0.15) is 5.69 Å². The lowest BCUT2D eigenvalue weighted by atomic mass is 10.0. The molecular weight excluding hydrogens is 274 g/mol. The number of nitrogens with two attached hydrogens (primary N) is 1. The summed E-state index contributed by atoms with van der Waals surface area (Å²) in [7, 11) is 0. The molecule has 0 atom stereocenters. The summed E-state index contributed by atoms with van der Waals surface area (Å²) in [6.07, 6.45) is 2.72. The average molecular weight is 292 g/mol. The Morgan fingerprint density at radius 1 is 1.35 bits per heavy atom. The minimum Gasteiger partial charge on any atom is -0.326 e. The van der Waals surface area contributed by atoms with Crippen LogP contribution in [-0.4, -0.2) is 15.6 Å². The SMILES string of the molecule is CCCn1ncc(Cl)c1C(=O)Cc1ccccc1CN. The number of carbonyl (C=O) groups excluding carboxylic acids is 1. The van der Waals surface area contributed by atoms with Crippen LogP contribution in [0.3, 0.4) is 0 Å². The van der Waals surface area contributed by atoms with E-state index in [-0.39, 0.29) is 5.78 Å². The van der Waals surface area contributed by atoms with Crippen molar-refractivity contribution in [3.8, 4) is 0 Å². The van der Waals surface area contributed by atoms with Crippen LogP contribution in [0.2, 0.25) is 5.02 Å². The summed E-state index contributed by atoms with van der Waals surface area (Å²) in [5, 5.41) is 4.56. The van der Waals surface area contributed by atoms with Crippen molar-refractivity contribution in [3.05, 3.63) is 52.3 Å². The van der Waals surface area contributed by atoms with Gasteiger partial charge in [-0.3, -0.25) is 9.48 Å². The summed E-state index contributed by atoms with van der Waals surface area (Å²) in [5.74, 6) is -0.0261. The van der Waals surface area contributed by atoms with Gasteiger partial charge in [0.05, 0.1) is 11.2 Å². The number of hydrogen-bond acceptors (Lipinski definition) is 3. The summed E-state index contributed by atoms with van der Waals surface area (Å²) in [6.45, 7) is 3.14. The fraction of sp³-hybridized carbons (Fsp3) is 0.333. The highest BCUT2D eigenvalue weighted by Gasteiger charge is 2.18. The van der Waals surface area contributed by atoms with E-state index >= 15 is 0 Å². The number of aryl methyl sites for hydroxylation is 1. The Balaban J connectivity index is 2.26. The molecule has 1 aromatic heterocycles. The fourth-order valence-electron chi connectivity index (χ4n) is 2.21. The molecule has 0 radical (unpaired) electrons. The normalized spacial score (nSPS) is 10.8. The van der Waals surface area contributed by atoms with Crippen LogP contribution in [0.25, 0.3) is 0 Å². The Bertz CT molecular complexity index is 607. The molecule has 0 spiro atoms. The van der Waals surface area contributed by atoms with E-state index in [1.165, 1.54) is 6.20 Å². The molecule has 1 heterocycles. The Labute approximate surface area is 123 Å². The van der Waals surface area contributed by atoms with Crippen LogP contribution in [0.5, 0.6) is 0 Å². The maximum Gasteiger partial charge on any atom is 0.186 e. The van der Waals surface area contributed by atoms with E-state index in [2.05, 4.69) is 5.10 Å². The summed E-state index contributed by atoms with van der Waals surface area (Å²) in [4.78, 5) is 12.5.